The molecule has 0 spiro atoms. The molecule has 0 saturated carbocycles. The molecule has 1 aromatic rings. The van der Waals surface area contributed by atoms with Gasteiger partial charge in [-0.3, -0.25) is 4.79 Å². The van der Waals surface area contributed by atoms with Crippen LogP contribution in [0.2, 0.25) is 0 Å². The molecule has 0 saturated heterocycles. The van der Waals surface area contributed by atoms with E-state index in [9.17, 15) is 9.18 Å². The maximum Gasteiger partial charge on any atom is 0.254 e. The van der Waals surface area contributed by atoms with Gasteiger partial charge in [0.1, 0.15) is 5.82 Å². The van der Waals surface area contributed by atoms with Gasteiger partial charge in [-0.2, -0.15) is 11.8 Å². The fourth-order valence-electron chi connectivity index (χ4n) is 1.48. The Hall–Kier alpha value is -1.23. The molecule has 3 N–H and O–H groups in total. The third-order valence-electron chi connectivity index (χ3n) is 2.33. The summed E-state index contributed by atoms with van der Waals surface area (Å²) in [5.74, 6) is 0.0687. The van der Waals surface area contributed by atoms with Gasteiger partial charge in [0.05, 0.1) is 5.56 Å². The Morgan fingerprint density at radius 3 is 2.88 bits per heavy atom. The van der Waals surface area contributed by atoms with Crippen molar-refractivity contribution in [3.05, 3.63) is 29.1 Å². The van der Waals surface area contributed by atoms with E-state index in [0.29, 0.717) is 17.8 Å². The lowest BCUT2D eigenvalue weighted by Crippen LogP contribution is -2.26. The molecule has 1 amide bonds. The summed E-state index contributed by atoms with van der Waals surface area (Å²) in [5.41, 5.74) is 6.40. The van der Waals surface area contributed by atoms with Crippen molar-refractivity contribution in [1.29, 1.82) is 0 Å². The molecule has 0 aliphatic rings. The highest BCUT2D eigenvalue weighted by molar-refractivity contribution is 7.98. The van der Waals surface area contributed by atoms with Gasteiger partial charge >= 0.3 is 0 Å². The molecule has 1 rings (SSSR count). The Bertz CT molecular complexity index is 410. The zero-order valence-corrected chi connectivity index (χ0v) is 10.9. The van der Waals surface area contributed by atoms with Crippen LogP contribution >= 0.6 is 11.8 Å². The first-order valence-corrected chi connectivity index (χ1v) is 6.78. The molecular formula is C12H17FN2OS. The number of halogens is 1. The summed E-state index contributed by atoms with van der Waals surface area (Å²) in [5, 5.41) is 2.68. The van der Waals surface area contributed by atoms with Crippen molar-refractivity contribution >= 4 is 23.4 Å². The van der Waals surface area contributed by atoms with Crippen LogP contribution in [0.5, 0.6) is 0 Å². The molecule has 0 aliphatic carbocycles. The summed E-state index contributed by atoms with van der Waals surface area (Å²) >= 11 is 1.71. The highest BCUT2D eigenvalue weighted by Crippen LogP contribution is 2.16. The second kappa shape index (κ2) is 6.49. The van der Waals surface area contributed by atoms with Crippen LogP contribution in [0.1, 0.15) is 22.3 Å². The average molecular weight is 256 g/mol. The highest BCUT2D eigenvalue weighted by Gasteiger charge is 2.13. The van der Waals surface area contributed by atoms with Crippen LogP contribution in [-0.4, -0.2) is 24.5 Å². The van der Waals surface area contributed by atoms with E-state index in [1.807, 2.05) is 6.26 Å². The topological polar surface area (TPSA) is 55.1 Å². The quantitative estimate of drug-likeness (QED) is 0.627. The third-order valence-corrected chi connectivity index (χ3v) is 3.03. The van der Waals surface area contributed by atoms with Crippen molar-refractivity contribution in [2.45, 2.75) is 13.3 Å². The van der Waals surface area contributed by atoms with Crippen molar-refractivity contribution in [3.8, 4) is 0 Å². The van der Waals surface area contributed by atoms with Crippen molar-refractivity contribution in [3.63, 3.8) is 0 Å². The molecule has 0 heterocycles. The first kappa shape index (κ1) is 13.8. The van der Waals surface area contributed by atoms with E-state index in [2.05, 4.69) is 5.32 Å². The molecule has 0 aromatic heterocycles. The number of nitrogens with one attached hydrogen (secondary N) is 1. The smallest absolute Gasteiger partial charge is 0.254 e. The summed E-state index contributed by atoms with van der Waals surface area (Å²) in [6, 6.07) is 2.88. The number of rotatable bonds is 5. The average Bonchev–Trinajstić information content (AvgIpc) is 2.29. The number of amides is 1. The summed E-state index contributed by atoms with van der Waals surface area (Å²) < 4.78 is 13.7. The molecule has 5 heteroatoms. The SMILES string of the molecule is CSCCCNC(=O)c1cc(N)cc(C)c1F. The summed E-state index contributed by atoms with van der Waals surface area (Å²) in [6.45, 7) is 2.14. The predicted molar refractivity (Wildman–Crippen MR) is 70.9 cm³/mol. The molecular weight excluding hydrogens is 239 g/mol. The molecule has 17 heavy (non-hydrogen) atoms. The van der Waals surface area contributed by atoms with Gasteiger partial charge in [0.25, 0.3) is 5.91 Å². The van der Waals surface area contributed by atoms with E-state index in [4.69, 9.17) is 5.73 Å². The van der Waals surface area contributed by atoms with E-state index >= 15 is 0 Å². The largest absolute Gasteiger partial charge is 0.399 e. The predicted octanol–water partition coefficient (Wildman–Crippen LogP) is 2.20. The first-order chi connectivity index (χ1) is 8.06. The van der Waals surface area contributed by atoms with Gasteiger partial charge in [0, 0.05) is 12.2 Å². The molecule has 0 unspecified atom stereocenters. The van der Waals surface area contributed by atoms with Crippen molar-refractivity contribution < 1.29 is 9.18 Å². The van der Waals surface area contributed by atoms with Crippen LogP contribution in [0.4, 0.5) is 10.1 Å². The molecule has 0 atom stereocenters. The number of hydrogen-bond acceptors (Lipinski definition) is 3. The van der Waals surface area contributed by atoms with E-state index < -0.39 is 11.7 Å². The maximum atomic E-state index is 13.7. The van der Waals surface area contributed by atoms with Crippen LogP contribution < -0.4 is 11.1 Å². The monoisotopic (exact) mass is 256 g/mol. The van der Waals surface area contributed by atoms with Crippen LogP contribution in [0.15, 0.2) is 12.1 Å². The Labute approximate surface area is 105 Å². The zero-order valence-electron chi connectivity index (χ0n) is 10.0. The van der Waals surface area contributed by atoms with Gasteiger partial charge in [-0.05, 0) is 43.0 Å². The Kier molecular flexibility index (Phi) is 5.28. The molecule has 0 fully saturated rings. The van der Waals surface area contributed by atoms with Crippen LogP contribution in [-0.2, 0) is 0 Å². The summed E-state index contributed by atoms with van der Waals surface area (Å²) in [4.78, 5) is 11.7. The van der Waals surface area contributed by atoms with E-state index in [-0.39, 0.29) is 5.56 Å². The van der Waals surface area contributed by atoms with Gasteiger partial charge < -0.3 is 11.1 Å². The number of thioether (sulfide) groups is 1. The molecule has 0 aliphatic heterocycles. The Morgan fingerprint density at radius 2 is 2.24 bits per heavy atom. The minimum Gasteiger partial charge on any atom is -0.399 e. The standard InChI is InChI=1S/C12H17FN2OS/c1-8-6-9(14)7-10(11(8)13)12(16)15-4-3-5-17-2/h6-7H,3-5,14H2,1-2H3,(H,15,16). The molecule has 3 nitrogen and oxygen atoms in total. The lowest BCUT2D eigenvalue weighted by molar-refractivity contribution is 0.0949. The summed E-state index contributed by atoms with van der Waals surface area (Å²) in [7, 11) is 0. The summed E-state index contributed by atoms with van der Waals surface area (Å²) in [6.07, 6.45) is 2.87. The van der Waals surface area contributed by atoms with Gasteiger partial charge in [-0.1, -0.05) is 0 Å². The first-order valence-electron chi connectivity index (χ1n) is 5.39. The zero-order chi connectivity index (χ0) is 12.8. The van der Waals surface area contributed by atoms with Crippen LogP contribution in [0.3, 0.4) is 0 Å². The highest BCUT2D eigenvalue weighted by atomic mass is 32.2. The molecule has 1 aromatic carbocycles. The van der Waals surface area contributed by atoms with Gasteiger partial charge in [-0.15, -0.1) is 0 Å². The van der Waals surface area contributed by atoms with Crippen LogP contribution in [0.25, 0.3) is 0 Å². The normalized spacial score (nSPS) is 10.3. The number of nitrogen functional groups attached to an aromatic ring is 1. The van der Waals surface area contributed by atoms with Gasteiger partial charge in [-0.25, -0.2) is 4.39 Å². The number of aryl methyl sites for hydroxylation is 1. The number of carbonyl (C=O) groups excluding carboxylic acids is 1. The second-order valence-corrected chi connectivity index (χ2v) is 4.79. The second-order valence-electron chi connectivity index (χ2n) is 3.80. The maximum absolute atomic E-state index is 13.7. The van der Waals surface area contributed by atoms with E-state index in [0.717, 1.165) is 12.2 Å². The van der Waals surface area contributed by atoms with Crippen molar-refractivity contribution in [2.75, 3.05) is 24.3 Å². The Morgan fingerprint density at radius 1 is 1.53 bits per heavy atom. The number of anilines is 1. The fourth-order valence-corrected chi connectivity index (χ4v) is 1.91. The minimum atomic E-state index is -0.499. The van der Waals surface area contributed by atoms with Crippen molar-refractivity contribution in [1.82, 2.24) is 5.32 Å². The van der Waals surface area contributed by atoms with E-state index in [1.54, 1.807) is 18.7 Å². The number of carbonyl (C=O) groups is 1. The van der Waals surface area contributed by atoms with Gasteiger partial charge in [0.2, 0.25) is 0 Å². The lowest BCUT2D eigenvalue weighted by atomic mass is 10.1. The number of benzene rings is 1. The van der Waals surface area contributed by atoms with Crippen LogP contribution in [0, 0.1) is 12.7 Å². The molecule has 0 radical (unpaired) electrons. The Balaban J connectivity index is 2.69. The third kappa shape index (κ3) is 3.93. The van der Waals surface area contributed by atoms with E-state index in [1.165, 1.54) is 12.1 Å². The number of hydrogen-bond donors (Lipinski definition) is 2. The fraction of sp³-hybridized carbons (Fsp3) is 0.417. The number of nitrogens with two attached hydrogens (primary N) is 1. The molecule has 0 bridgehead atoms. The minimum absolute atomic E-state index is 0.0200. The lowest BCUT2D eigenvalue weighted by Gasteiger charge is -2.08. The van der Waals surface area contributed by atoms with Crippen molar-refractivity contribution in [2.24, 2.45) is 0 Å². The molecule has 94 valence electrons. The van der Waals surface area contributed by atoms with Gasteiger partial charge in [0.15, 0.2) is 0 Å².